The molecule has 1 fully saturated rings. The van der Waals surface area contributed by atoms with Gasteiger partial charge in [-0.15, -0.1) is 0 Å². The quantitative estimate of drug-likeness (QED) is 0.452. The lowest BCUT2D eigenvalue weighted by Gasteiger charge is -2.17. The van der Waals surface area contributed by atoms with Crippen molar-refractivity contribution in [1.82, 2.24) is 14.9 Å². The van der Waals surface area contributed by atoms with Gasteiger partial charge in [0, 0.05) is 6.54 Å². The number of hydrogen-bond donors (Lipinski definition) is 5. The molecule has 6 N–H and O–H groups in total. The number of hydrogen-bond acceptors (Lipinski definition) is 7. The molecule has 2 heterocycles. The molecule has 3 rings (SSSR count). The van der Waals surface area contributed by atoms with E-state index in [0.717, 1.165) is 5.56 Å². The highest BCUT2D eigenvalue weighted by Crippen LogP contribution is 2.31. The van der Waals surface area contributed by atoms with Crippen LogP contribution in [0.3, 0.4) is 0 Å². The van der Waals surface area contributed by atoms with Crippen LogP contribution in [0, 0.1) is 0 Å². The van der Waals surface area contributed by atoms with Crippen LogP contribution in [0.5, 0.6) is 0 Å². The number of imidazole rings is 1. The van der Waals surface area contributed by atoms with Crippen LogP contribution in [-0.2, 0) is 11.3 Å². The van der Waals surface area contributed by atoms with E-state index in [1.807, 2.05) is 30.3 Å². The molecule has 1 aromatic carbocycles. The number of nitrogens with two attached hydrogens (primary N) is 1. The van der Waals surface area contributed by atoms with Crippen LogP contribution in [0.15, 0.2) is 36.7 Å². The van der Waals surface area contributed by atoms with Crippen LogP contribution in [0.1, 0.15) is 17.5 Å². The lowest BCUT2D eigenvalue weighted by Crippen LogP contribution is -2.33. The first-order valence-corrected chi connectivity index (χ1v) is 8.20. The van der Waals surface area contributed by atoms with Gasteiger partial charge >= 0.3 is 0 Å². The molecule has 0 unspecified atom stereocenters. The van der Waals surface area contributed by atoms with Crippen molar-refractivity contribution < 1.29 is 20.1 Å². The number of anilines is 1. The lowest BCUT2D eigenvalue weighted by molar-refractivity contribution is -0.0518. The molecule has 25 heavy (non-hydrogen) atoms. The maximum Gasteiger partial charge on any atom is 0.165 e. The largest absolute Gasteiger partial charge is 0.394 e. The molecule has 0 bridgehead atoms. The van der Waals surface area contributed by atoms with E-state index in [2.05, 4.69) is 10.3 Å². The molecule has 1 aliphatic rings. The van der Waals surface area contributed by atoms with Gasteiger partial charge in [0.2, 0.25) is 0 Å². The van der Waals surface area contributed by atoms with Gasteiger partial charge in [0.15, 0.2) is 6.23 Å². The topological polar surface area (TPSA) is 126 Å². The maximum absolute atomic E-state index is 10.1. The fourth-order valence-electron chi connectivity index (χ4n) is 2.72. The van der Waals surface area contributed by atoms with Crippen LogP contribution in [-0.4, -0.2) is 54.8 Å². The van der Waals surface area contributed by atoms with E-state index in [9.17, 15) is 15.3 Å². The second-order valence-corrected chi connectivity index (χ2v) is 6.19. The highest BCUT2D eigenvalue weighted by molar-refractivity contribution is 7.80. The predicted octanol–water partition coefficient (Wildman–Crippen LogP) is -0.458. The van der Waals surface area contributed by atoms with Gasteiger partial charge in [-0.3, -0.25) is 4.57 Å². The van der Waals surface area contributed by atoms with Crippen LogP contribution >= 0.6 is 12.2 Å². The molecule has 1 saturated heterocycles. The first-order valence-electron chi connectivity index (χ1n) is 7.79. The van der Waals surface area contributed by atoms with Crippen molar-refractivity contribution in [3.05, 3.63) is 47.9 Å². The molecule has 0 amide bonds. The molecule has 4 atom stereocenters. The van der Waals surface area contributed by atoms with Crippen molar-refractivity contribution in [2.75, 3.05) is 12.3 Å². The minimum Gasteiger partial charge on any atom is -0.394 e. The molecule has 8 nitrogen and oxygen atoms in total. The molecule has 134 valence electrons. The third-order valence-corrected chi connectivity index (χ3v) is 4.47. The number of nitrogen functional groups attached to an aromatic ring is 1. The zero-order chi connectivity index (χ0) is 18.0. The number of nitrogens with zero attached hydrogens (tertiary/aromatic N) is 2. The van der Waals surface area contributed by atoms with Crippen LogP contribution < -0.4 is 11.1 Å². The molecule has 1 aliphatic heterocycles. The summed E-state index contributed by atoms with van der Waals surface area (Å²) in [6.45, 7) is 0.118. The Morgan fingerprint density at radius 2 is 2.00 bits per heavy atom. The maximum atomic E-state index is 10.1. The minimum absolute atomic E-state index is 0.209. The van der Waals surface area contributed by atoms with Gasteiger partial charge in [-0.1, -0.05) is 42.5 Å². The smallest absolute Gasteiger partial charge is 0.165 e. The summed E-state index contributed by atoms with van der Waals surface area (Å²) in [6.07, 6.45) is -2.86. The average Bonchev–Trinajstić information content (AvgIpc) is 3.14. The number of nitrogens with one attached hydrogen (secondary N) is 1. The Bertz CT molecular complexity index is 739. The number of benzene rings is 1. The second-order valence-electron chi connectivity index (χ2n) is 5.78. The normalized spacial score (nSPS) is 25.9. The number of aromatic nitrogens is 2. The second kappa shape index (κ2) is 7.46. The van der Waals surface area contributed by atoms with Crippen molar-refractivity contribution >= 4 is 23.0 Å². The van der Waals surface area contributed by atoms with E-state index in [0.29, 0.717) is 17.2 Å². The van der Waals surface area contributed by atoms with E-state index >= 15 is 0 Å². The molecule has 0 spiro atoms. The first-order chi connectivity index (χ1) is 12.0. The van der Waals surface area contributed by atoms with Crippen LogP contribution in [0.2, 0.25) is 0 Å². The van der Waals surface area contributed by atoms with Gasteiger partial charge in [-0.2, -0.15) is 0 Å². The zero-order valence-electron chi connectivity index (χ0n) is 13.3. The van der Waals surface area contributed by atoms with E-state index < -0.39 is 31.1 Å². The highest BCUT2D eigenvalue weighted by Gasteiger charge is 2.44. The fraction of sp³-hybridized carbons (Fsp3) is 0.375. The zero-order valence-corrected chi connectivity index (χ0v) is 14.1. The van der Waals surface area contributed by atoms with Crippen molar-refractivity contribution in [3.63, 3.8) is 0 Å². The fourth-order valence-corrected chi connectivity index (χ4v) is 2.95. The summed E-state index contributed by atoms with van der Waals surface area (Å²) in [6, 6.07) is 9.74. The Balaban J connectivity index is 1.72. The molecule has 0 radical (unpaired) electrons. The molecule has 0 aliphatic carbocycles. The number of rotatable bonds is 5. The van der Waals surface area contributed by atoms with Gasteiger partial charge < -0.3 is 31.1 Å². The first kappa shape index (κ1) is 17.8. The molecular formula is C16H20N4O4S. The van der Waals surface area contributed by atoms with Crippen molar-refractivity contribution in [2.24, 2.45) is 0 Å². The third-order valence-electron chi connectivity index (χ3n) is 4.13. The monoisotopic (exact) mass is 364 g/mol. The summed E-state index contributed by atoms with van der Waals surface area (Å²) in [4.78, 5) is 4.55. The van der Waals surface area contributed by atoms with Gasteiger partial charge in [0.25, 0.3) is 0 Å². The van der Waals surface area contributed by atoms with Crippen LogP contribution in [0.25, 0.3) is 0 Å². The summed E-state index contributed by atoms with van der Waals surface area (Å²) < 4.78 is 6.85. The molecule has 9 heteroatoms. The number of ether oxygens (including phenoxy) is 1. The van der Waals surface area contributed by atoms with Crippen molar-refractivity contribution in [2.45, 2.75) is 31.1 Å². The van der Waals surface area contributed by atoms with Crippen molar-refractivity contribution in [3.8, 4) is 0 Å². The summed E-state index contributed by atoms with van der Waals surface area (Å²) in [5, 5.41) is 32.2. The SMILES string of the molecule is Nc1c(C(=S)NCc2ccccc2)ncn1[C@@H]1O[C@H](CO)[C@@H](O)[C@H]1O. The summed E-state index contributed by atoms with van der Waals surface area (Å²) in [5.74, 6) is 0.209. The lowest BCUT2D eigenvalue weighted by atomic mass is 10.1. The summed E-state index contributed by atoms with van der Waals surface area (Å²) in [7, 11) is 0. The highest BCUT2D eigenvalue weighted by atomic mass is 32.1. The number of thiocarbonyl (C=S) groups is 1. The summed E-state index contributed by atoms with van der Waals surface area (Å²) in [5.41, 5.74) is 7.51. The Morgan fingerprint density at radius 1 is 1.28 bits per heavy atom. The van der Waals surface area contributed by atoms with Crippen molar-refractivity contribution in [1.29, 1.82) is 0 Å². The Labute approximate surface area is 149 Å². The van der Waals surface area contributed by atoms with E-state index in [-0.39, 0.29) is 5.82 Å². The Hall–Kier alpha value is -2.04. The average molecular weight is 364 g/mol. The van der Waals surface area contributed by atoms with E-state index in [1.165, 1.54) is 10.9 Å². The number of aliphatic hydroxyl groups is 3. The number of aliphatic hydroxyl groups excluding tert-OH is 3. The molecular weight excluding hydrogens is 344 g/mol. The predicted molar refractivity (Wildman–Crippen MR) is 94.6 cm³/mol. The third kappa shape index (κ3) is 3.51. The standard InChI is InChI=1S/C16H20N4O4S/c17-14-11(15(25)18-6-9-4-2-1-3-5-9)19-8-20(14)16-13(23)12(22)10(7-21)24-16/h1-5,8,10,12-13,16,21-23H,6-7,17H2,(H,18,25)/t10-,12-,13-,16-/m1/s1. The van der Waals surface area contributed by atoms with Gasteiger partial charge in [0.1, 0.15) is 34.8 Å². The van der Waals surface area contributed by atoms with Gasteiger partial charge in [-0.05, 0) is 5.56 Å². The molecule has 1 aromatic heterocycles. The summed E-state index contributed by atoms with van der Waals surface area (Å²) >= 11 is 5.33. The minimum atomic E-state index is -1.23. The Morgan fingerprint density at radius 3 is 2.64 bits per heavy atom. The molecule has 2 aromatic rings. The Kier molecular flexibility index (Phi) is 5.30. The van der Waals surface area contributed by atoms with Gasteiger partial charge in [0.05, 0.1) is 12.9 Å². The van der Waals surface area contributed by atoms with E-state index in [4.69, 9.17) is 22.7 Å². The molecule has 0 saturated carbocycles. The van der Waals surface area contributed by atoms with Gasteiger partial charge in [-0.25, -0.2) is 4.98 Å². The van der Waals surface area contributed by atoms with E-state index in [1.54, 1.807) is 0 Å². The van der Waals surface area contributed by atoms with Crippen LogP contribution in [0.4, 0.5) is 5.82 Å².